The van der Waals surface area contributed by atoms with Gasteiger partial charge in [-0.25, -0.2) is 27.2 Å². The zero-order chi connectivity index (χ0) is 23.4. The first kappa shape index (κ1) is 22.2. The van der Waals surface area contributed by atoms with E-state index in [0.717, 1.165) is 29.5 Å². The van der Waals surface area contributed by atoms with Gasteiger partial charge < -0.3 is 10.1 Å². The van der Waals surface area contributed by atoms with E-state index in [4.69, 9.17) is 4.74 Å². The molecule has 0 saturated carbocycles. The summed E-state index contributed by atoms with van der Waals surface area (Å²) in [6.07, 6.45) is 1.42. The second kappa shape index (κ2) is 9.21. The molecule has 0 aliphatic rings. The van der Waals surface area contributed by atoms with Crippen LogP contribution in [0.1, 0.15) is 0 Å². The van der Waals surface area contributed by atoms with Gasteiger partial charge in [-0.3, -0.25) is 4.72 Å². The minimum absolute atomic E-state index is 0.143. The summed E-state index contributed by atoms with van der Waals surface area (Å²) in [6.45, 7) is 0. The van der Waals surface area contributed by atoms with E-state index < -0.39 is 26.6 Å². The standard InChI is InChI=1S/C23H18F2N4O3S/c1-32-18-11-5-15(6-12-18)21-13-22(27-14-26-21)28-16-7-9-17(10-8-16)29-33(30,31)23-19(24)3-2-4-20(23)25/h2-14,29H,1H3,(H,26,27,28). The summed E-state index contributed by atoms with van der Waals surface area (Å²) in [5, 5.41) is 3.10. The molecule has 0 atom stereocenters. The highest BCUT2D eigenvalue weighted by molar-refractivity contribution is 7.92. The highest BCUT2D eigenvalue weighted by atomic mass is 32.2. The Hall–Kier alpha value is -4.05. The van der Waals surface area contributed by atoms with Gasteiger partial charge in [0, 0.05) is 23.0 Å². The number of nitrogens with zero attached hydrogens (tertiary/aromatic N) is 2. The van der Waals surface area contributed by atoms with Crippen molar-refractivity contribution in [1.82, 2.24) is 9.97 Å². The maximum absolute atomic E-state index is 13.9. The maximum Gasteiger partial charge on any atom is 0.267 e. The molecule has 0 bridgehead atoms. The second-order valence-electron chi connectivity index (χ2n) is 6.88. The van der Waals surface area contributed by atoms with E-state index in [9.17, 15) is 17.2 Å². The lowest BCUT2D eigenvalue weighted by atomic mass is 10.1. The van der Waals surface area contributed by atoms with Gasteiger partial charge in [-0.05, 0) is 60.7 Å². The molecule has 0 aliphatic heterocycles. The Balaban J connectivity index is 1.49. The SMILES string of the molecule is COc1ccc(-c2cc(Nc3ccc(NS(=O)(=O)c4c(F)cccc4F)cc3)ncn2)cc1. The summed E-state index contributed by atoms with van der Waals surface area (Å²) in [6, 6.07) is 18.2. The molecule has 33 heavy (non-hydrogen) atoms. The molecule has 1 aromatic heterocycles. The van der Waals surface area contributed by atoms with Gasteiger partial charge in [0.2, 0.25) is 0 Å². The van der Waals surface area contributed by atoms with Crippen LogP contribution in [0, 0.1) is 11.6 Å². The van der Waals surface area contributed by atoms with Crippen molar-refractivity contribution in [3.63, 3.8) is 0 Å². The van der Waals surface area contributed by atoms with Crippen LogP contribution in [0.5, 0.6) is 5.75 Å². The van der Waals surface area contributed by atoms with Crippen molar-refractivity contribution in [2.24, 2.45) is 0 Å². The van der Waals surface area contributed by atoms with Gasteiger partial charge in [-0.1, -0.05) is 6.07 Å². The summed E-state index contributed by atoms with van der Waals surface area (Å²) in [5.74, 6) is -1.08. The van der Waals surface area contributed by atoms with E-state index in [2.05, 4.69) is 20.0 Å². The Morgan fingerprint density at radius 2 is 1.48 bits per heavy atom. The van der Waals surface area contributed by atoms with E-state index in [1.807, 2.05) is 24.3 Å². The predicted octanol–water partition coefficient (Wildman–Crippen LogP) is 4.97. The highest BCUT2D eigenvalue weighted by Crippen LogP contribution is 2.25. The van der Waals surface area contributed by atoms with Crippen molar-refractivity contribution >= 4 is 27.2 Å². The lowest BCUT2D eigenvalue weighted by Gasteiger charge is -2.11. The lowest BCUT2D eigenvalue weighted by molar-refractivity contribution is 0.415. The number of hydrogen-bond donors (Lipinski definition) is 2. The normalized spacial score (nSPS) is 11.1. The zero-order valence-electron chi connectivity index (χ0n) is 17.3. The fraction of sp³-hybridized carbons (Fsp3) is 0.0435. The summed E-state index contributed by atoms with van der Waals surface area (Å²) >= 11 is 0. The maximum atomic E-state index is 13.9. The van der Waals surface area contributed by atoms with Crippen LogP contribution < -0.4 is 14.8 Å². The smallest absolute Gasteiger partial charge is 0.267 e. The lowest BCUT2D eigenvalue weighted by Crippen LogP contribution is -2.16. The number of sulfonamides is 1. The van der Waals surface area contributed by atoms with Gasteiger partial charge in [0.25, 0.3) is 10.0 Å². The van der Waals surface area contributed by atoms with Crippen LogP contribution >= 0.6 is 0 Å². The molecule has 4 rings (SSSR count). The Kier molecular flexibility index (Phi) is 6.18. The number of hydrogen-bond acceptors (Lipinski definition) is 6. The summed E-state index contributed by atoms with van der Waals surface area (Å²) in [4.78, 5) is 7.44. The van der Waals surface area contributed by atoms with Crippen molar-refractivity contribution in [2.75, 3.05) is 17.1 Å². The van der Waals surface area contributed by atoms with Crippen LogP contribution in [-0.4, -0.2) is 25.5 Å². The average molecular weight is 468 g/mol. The third-order valence-electron chi connectivity index (χ3n) is 4.65. The number of rotatable bonds is 7. The van der Waals surface area contributed by atoms with Gasteiger partial charge in [0.05, 0.1) is 12.8 Å². The molecule has 0 unspecified atom stereocenters. The molecular weight excluding hydrogens is 450 g/mol. The van der Waals surface area contributed by atoms with Crippen molar-refractivity contribution in [3.05, 3.63) is 90.8 Å². The number of aromatic nitrogens is 2. The molecule has 2 N–H and O–H groups in total. The second-order valence-corrected chi connectivity index (χ2v) is 8.49. The largest absolute Gasteiger partial charge is 0.497 e. The Bertz CT molecular complexity index is 1360. The van der Waals surface area contributed by atoms with Crippen LogP contribution in [0.25, 0.3) is 11.3 Å². The van der Waals surface area contributed by atoms with Crippen LogP contribution in [0.2, 0.25) is 0 Å². The van der Waals surface area contributed by atoms with Crippen LogP contribution in [0.4, 0.5) is 26.0 Å². The van der Waals surface area contributed by atoms with E-state index in [1.54, 1.807) is 25.3 Å². The van der Waals surface area contributed by atoms with Crippen molar-refractivity contribution in [2.45, 2.75) is 4.90 Å². The number of nitrogens with one attached hydrogen (secondary N) is 2. The topological polar surface area (TPSA) is 93.2 Å². The quantitative estimate of drug-likeness (QED) is 0.398. The minimum atomic E-state index is -4.44. The Morgan fingerprint density at radius 3 is 2.12 bits per heavy atom. The monoisotopic (exact) mass is 468 g/mol. The fourth-order valence-corrected chi connectivity index (χ4v) is 4.26. The average Bonchev–Trinajstić information content (AvgIpc) is 2.80. The number of ether oxygens (including phenoxy) is 1. The molecule has 4 aromatic rings. The van der Waals surface area contributed by atoms with Crippen LogP contribution in [0.3, 0.4) is 0 Å². The zero-order valence-corrected chi connectivity index (χ0v) is 18.1. The Labute approximate surface area is 189 Å². The molecule has 0 amide bonds. The summed E-state index contributed by atoms with van der Waals surface area (Å²) in [7, 11) is -2.84. The third kappa shape index (κ3) is 5.07. The van der Waals surface area contributed by atoms with E-state index >= 15 is 0 Å². The number of anilines is 3. The Morgan fingerprint density at radius 1 is 0.848 bits per heavy atom. The van der Waals surface area contributed by atoms with Crippen molar-refractivity contribution < 1.29 is 21.9 Å². The van der Waals surface area contributed by atoms with E-state index in [1.165, 1.54) is 18.5 Å². The van der Waals surface area contributed by atoms with E-state index in [0.29, 0.717) is 17.2 Å². The third-order valence-corrected chi connectivity index (χ3v) is 6.08. The molecule has 10 heteroatoms. The molecule has 0 spiro atoms. The minimum Gasteiger partial charge on any atom is -0.497 e. The molecule has 0 fully saturated rings. The van der Waals surface area contributed by atoms with Gasteiger partial charge in [-0.2, -0.15) is 0 Å². The fourth-order valence-electron chi connectivity index (χ4n) is 3.06. The molecule has 1 heterocycles. The highest BCUT2D eigenvalue weighted by Gasteiger charge is 2.23. The van der Waals surface area contributed by atoms with Crippen LogP contribution in [0.15, 0.2) is 84.0 Å². The molecule has 0 saturated heterocycles. The van der Waals surface area contributed by atoms with Crippen LogP contribution in [-0.2, 0) is 10.0 Å². The first-order valence-corrected chi connectivity index (χ1v) is 11.1. The molecule has 0 aliphatic carbocycles. The van der Waals surface area contributed by atoms with E-state index in [-0.39, 0.29) is 5.69 Å². The first-order chi connectivity index (χ1) is 15.9. The van der Waals surface area contributed by atoms with Crippen molar-refractivity contribution in [3.8, 4) is 17.0 Å². The molecular formula is C23H18F2N4O3S. The van der Waals surface area contributed by atoms with Gasteiger partial charge >= 0.3 is 0 Å². The summed E-state index contributed by atoms with van der Waals surface area (Å²) in [5.41, 5.74) is 2.34. The molecule has 3 aromatic carbocycles. The molecule has 168 valence electrons. The molecule has 7 nitrogen and oxygen atoms in total. The number of halogens is 2. The van der Waals surface area contributed by atoms with Gasteiger partial charge in [0.1, 0.15) is 29.5 Å². The predicted molar refractivity (Wildman–Crippen MR) is 121 cm³/mol. The molecule has 0 radical (unpaired) electrons. The van der Waals surface area contributed by atoms with Gasteiger partial charge in [-0.15, -0.1) is 0 Å². The first-order valence-electron chi connectivity index (χ1n) is 9.66. The van der Waals surface area contributed by atoms with Crippen molar-refractivity contribution in [1.29, 1.82) is 0 Å². The van der Waals surface area contributed by atoms with Gasteiger partial charge in [0.15, 0.2) is 4.90 Å². The number of benzene rings is 3. The summed E-state index contributed by atoms with van der Waals surface area (Å²) < 4.78 is 59.9. The number of methoxy groups -OCH3 is 1.